The Bertz CT molecular complexity index is 1290. The lowest BCUT2D eigenvalue weighted by atomic mass is 9.96. The molecule has 0 saturated carbocycles. The van der Waals surface area contributed by atoms with Crippen LogP contribution in [0.15, 0.2) is 51.9 Å². The molecule has 1 heterocycles. The molecule has 0 bridgehead atoms. The molecule has 3 aromatic rings. The Hall–Kier alpha value is -3.17. The number of thiophene rings is 1. The maximum Gasteiger partial charge on any atom is 0.343 e. The molecule has 1 aromatic heterocycles. The highest BCUT2D eigenvalue weighted by Crippen LogP contribution is 2.40. The smallest absolute Gasteiger partial charge is 0.343 e. The van der Waals surface area contributed by atoms with Gasteiger partial charge in [-0.15, -0.1) is 11.3 Å². The van der Waals surface area contributed by atoms with Crippen LogP contribution < -0.4 is 14.8 Å². The number of benzene rings is 2. The first-order valence-electron chi connectivity index (χ1n) is 12.1. The van der Waals surface area contributed by atoms with Crippen LogP contribution in [-0.2, 0) is 22.4 Å². The van der Waals surface area contributed by atoms with Gasteiger partial charge in [0, 0.05) is 16.8 Å². The number of amides is 1. The number of nitrogens with zero attached hydrogens (tertiary/aromatic N) is 1. The van der Waals surface area contributed by atoms with Gasteiger partial charge in [0.25, 0.3) is 5.91 Å². The van der Waals surface area contributed by atoms with Crippen LogP contribution in [0.25, 0.3) is 0 Å². The second kappa shape index (κ2) is 12.9. The van der Waals surface area contributed by atoms with E-state index in [1.54, 1.807) is 23.6 Å². The predicted octanol–water partition coefficient (Wildman–Crippen LogP) is 6.73. The maximum atomic E-state index is 13.5. The van der Waals surface area contributed by atoms with E-state index in [0.29, 0.717) is 26.5 Å². The van der Waals surface area contributed by atoms with Gasteiger partial charge in [-0.2, -0.15) is 0 Å². The number of rotatable bonds is 8. The number of hydrogen-bond donors (Lipinski definition) is 1. The Morgan fingerprint density at radius 2 is 1.84 bits per heavy atom. The fourth-order valence-corrected chi connectivity index (χ4v) is 6.03. The third-order valence-electron chi connectivity index (χ3n) is 6.06. The van der Waals surface area contributed by atoms with E-state index in [2.05, 4.69) is 26.0 Å². The van der Waals surface area contributed by atoms with Crippen LogP contribution in [0.1, 0.15) is 52.0 Å². The highest BCUT2D eigenvalue weighted by molar-refractivity contribution is 9.10. The topological polar surface area (TPSA) is 86.2 Å². The summed E-state index contributed by atoms with van der Waals surface area (Å²) in [4.78, 5) is 31.0. The minimum Gasteiger partial charge on any atom is -0.493 e. The van der Waals surface area contributed by atoms with Crippen molar-refractivity contribution in [1.82, 2.24) is 0 Å². The average Bonchev–Trinajstić information content (AvgIpc) is 3.22. The minimum absolute atomic E-state index is 0.137. The molecule has 0 saturated heterocycles. The van der Waals surface area contributed by atoms with Crippen molar-refractivity contribution in [1.29, 1.82) is 0 Å². The number of esters is 1. The third kappa shape index (κ3) is 6.78. The highest BCUT2D eigenvalue weighted by atomic mass is 79.9. The zero-order chi connectivity index (χ0) is 26.2. The largest absolute Gasteiger partial charge is 0.493 e. The Labute approximate surface area is 229 Å². The van der Waals surface area contributed by atoms with Gasteiger partial charge in [0.15, 0.2) is 18.1 Å². The van der Waals surface area contributed by atoms with Gasteiger partial charge < -0.3 is 19.5 Å². The molecule has 2 aromatic carbocycles. The van der Waals surface area contributed by atoms with Crippen molar-refractivity contribution in [3.05, 3.63) is 68.5 Å². The molecule has 0 radical (unpaired) electrons. The summed E-state index contributed by atoms with van der Waals surface area (Å²) in [5.41, 5.74) is 3.29. The SMILES string of the molecule is COC(=O)COc1c(Br)cc(C=Nc2sc3c(c2C(=O)Nc2ccccc2)CCCCCC3)cc1OC. The number of hydrogen-bond acceptors (Lipinski definition) is 7. The van der Waals surface area contributed by atoms with Crippen LogP contribution in [0.2, 0.25) is 0 Å². The number of carbonyl (C=O) groups excluding carboxylic acids is 2. The molecule has 0 atom stereocenters. The fourth-order valence-electron chi connectivity index (χ4n) is 4.22. The summed E-state index contributed by atoms with van der Waals surface area (Å²) >= 11 is 5.09. The average molecular weight is 586 g/mol. The normalized spacial score (nSPS) is 13.4. The van der Waals surface area contributed by atoms with Crippen molar-refractivity contribution in [2.45, 2.75) is 38.5 Å². The number of para-hydroxylation sites is 1. The molecule has 1 N–H and O–H groups in total. The molecule has 1 amide bonds. The molecule has 0 unspecified atom stereocenters. The van der Waals surface area contributed by atoms with E-state index < -0.39 is 5.97 Å². The van der Waals surface area contributed by atoms with Gasteiger partial charge in [-0.3, -0.25) is 4.79 Å². The number of anilines is 1. The van der Waals surface area contributed by atoms with E-state index in [-0.39, 0.29) is 12.5 Å². The lowest BCUT2D eigenvalue weighted by molar-refractivity contribution is -0.142. The Morgan fingerprint density at radius 1 is 1.08 bits per heavy atom. The van der Waals surface area contributed by atoms with Crippen molar-refractivity contribution in [2.24, 2.45) is 4.99 Å². The monoisotopic (exact) mass is 584 g/mol. The van der Waals surface area contributed by atoms with Gasteiger partial charge in [0.05, 0.1) is 24.3 Å². The van der Waals surface area contributed by atoms with E-state index in [1.807, 2.05) is 36.4 Å². The van der Waals surface area contributed by atoms with Gasteiger partial charge in [0.2, 0.25) is 0 Å². The van der Waals surface area contributed by atoms with E-state index in [0.717, 1.165) is 42.5 Å². The molecule has 37 heavy (non-hydrogen) atoms. The fraction of sp³-hybridized carbons (Fsp3) is 0.321. The van der Waals surface area contributed by atoms with Crippen LogP contribution in [0.5, 0.6) is 11.5 Å². The summed E-state index contributed by atoms with van der Waals surface area (Å²) in [5, 5.41) is 3.74. The van der Waals surface area contributed by atoms with Gasteiger partial charge in [-0.25, -0.2) is 9.79 Å². The van der Waals surface area contributed by atoms with Crippen molar-refractivity contribution in [3.8, 4) is 11.5 Å². The molecule has 0 aliphatic heterocycles. The standard InChI is InChI=1S/C28H29BrN2O5S/c1-34-22-15-18(14-21(29)26(22)36-17-24(32)35-2)16-30-28-25(27(33)31-19-10-6-5-7-11-19)20-12-8-3-4-9-13-23(20)37-28/h5-7,10-11,14-16H,3-4,8-9,12-13,17H2,1-2H3,(H,31,33). The lowest BCUT2D eigenvalue weighted by Crippen LogP contribution is -2.14. The Balaban J connectivity index is 1.66. The van der Waals surface area contributed by atoms with Crippen LogP contribution >= 0.6 is 27.3 Å². The number of aliphatic imine (C=N–C) groups is 1. The highest BCUT2D eigenvalue weighted by Gasteiger charge is 2.24. The number of halogens is 1. The van der Waals surface area contributed by atoms with Crippen molar-refractivity contribution in [2.75, 3.05) is 26.1 Å². The summed E-state index contributed by atoms with van der Waals surface area (Å²) in [7, 11) is 2.83. The third-order valence-corrected chi connectivity index (χ3v) is 7.84. The second-order valence-electron chi connectivity index (χ2n) is 8.58. The van der Waals surface area contributed by atoms with Gasteiger partial charge in [-0.05, 0) is 77.0 Å². The van der Waals surface area contributed by atoms with Crippen LogP contribution in [0, 0.1) is 0 Å². The van der Waals surface area contributed by atoms with E-state index in [4.69, 9.17) is 14.5 Å². The summed E-state index contributed by atoms with van der Waals surface area (Å²) in [5.74, 6) is 0.211. The molecule has 9 heteroatoms. The molecule has 4 rings (SSSR count). The predicted molar refractivity (Wildman–Crippen MR) is 150 cm³/mol. The zero-order valence-corrected chi connectivity index (χ0v) is 23.2. The Morgan fingerprint density at radius 3 is 2.57 bits per heavy atom. The molecule has 0 fully saturated rings. The maximum absolute atomic E-state index is 13.5. The van der Waals surface area contributed by atoms with Crippen LogP contribution in [0.4, 0.5) is 10.7 Å². The minimum atomic E-state index is -0.492. The van der Waals surface area contributed by atoms with Crippen LogP contribution in [-0.4, -0.2) is 38.9 Å². The van der Waals surface area contributed by atoms with Gasteiger partial charge in [-0.1, -0.05) is 31.0 Å². The number of methoxy groups -OCH3 is 2. The van der Waals surface area contributed by atoms with E-state index in [1.165, 1.54) is 31.9 Å². The number of nitrogens with one attached hydrogen (secondary N) is 1. The van der Waals surface area contributed by atoms with Crippen molar-refractivity contribution in [3.63, 3.8) is 0 Å². The second-order valence-corrected chi connectivity index (χ2v) is 10.5. The first-order valence-corrected chi connectivity index (χ1v) is 13.7. The molecule has 7 nitrogen and oxygen atoms in total. The number of carbonyl (C=O) groups is 2. The van der Waals surface area contributed by atoms with Gasteiger partial charge in [0.1, 0.15) is 5.00 Å². The van der Waals surface area contributed by atoms with Gasteiger partial charge >= 0.3 is 5.97 Å². The summed E-state index contributed by atoms with van der Waals surface area (Å²) in [6.45, 7) is -0.237. The summed E-state index contributed by atoms with van der Waals surface area (Å²) < 4.78 is 16.3. The van der Waals surface area contributed by atoms with E-state index in [9.17, 15) is 9.59 Å². The molecule has 1 aliphatic rings. The lowest BCUT2D eigenvalue weighted by Gasteiger charge is -2.12. The Kier molecular flexibility index (Phi) is 9.35. The molecule has 1 aliphatic carbocycles. The quantitative estimate of drug-likeness (QED) is 0.234. The number of ether oxygens (including phenoxy) is 3. The summed E-state index contributed by atoms with van der Waals surface area (Å²) in [6.07, 6.45) is 8.13. The first kappa shape index (κ1) is 26.9. The van der Waals surface area contributed by atoms with Crippen molar-refractivity contribution >= 4 is 56.0 Å². The molecule has 0 spiro atoms. The number of aryl methyl sites for hydroxylation is 1. The first-order chi connectivity index (χ1) is 18.0. The van der Waals surface area contributed by atoms with Crippen LogP contribution in [0.3, 0.4) is 0 Å². The molecule has 194 valence electrons. The molecular weight excluding hydrogens is 556 g/mol. The molecular formula is C28H29BrN2O5S. The summed E-state index contributed by atoms with van der Waals surface area (Å²) in [6, 6.07) is 13.1. The van der Waals surface area contributed by atoms with Crippen molar-refractivity contribution < 1.29 is 23.8 Å². The zero-order valence-electron chi connectivity index (χ0n) is 20.8. The number of fused-ring (bicyclic) bond motifs is 1. The van der Waals surface area contributed by atoms with E-state index >= 15 is 0 Å².